The third-order valence-electron chi connectivity index (χ3n) is 1.30. The fourth-order valence-corrected chi connectivity index (χ4v) is 0.708. The van der Waals surface area contributed by atoms with Crippen LogP contribution in [0.2, 0.25) is 6.32 Å². The Kier molecular flexibility index (Phi) is 9.54. The van der Waals surface area contributed by atoms with Gasteiger partial charge in [0, 0.05) is 0 Å². The van der Waals surface area contributed by atoms with Crippen molar-refractivity contribution in [3.8, 4) is 0 Å². The molecule has 0 aliphatic heterocycles. The van der Waals surface area contributed by atoms with E-state index in [1.807, 2.05) is 0 Å². The van der Waals surface area contributed by atoms with Gasteiger partial charge < -0.3 is 10.0 Å². The predicted molar refractivity (Wildman–Crippen MR) is 47.7 cm³/mol. The number of ether oxygens (including phenoxy) is 1. The van der Waals surface area contributed by atoms with Crippen molar-refractivity contribution in [3.05, 3.63) is 0 Å². The molecular formula is C7H13BF6O3. The van der Waals surface area contributed by atoms with E-state index in [0.717, 1.165) is 19.3 Å². The van der Waals surface area contributed by atoms with Gasteiger partial charge in [-0.15, -0.1) is 26.3 Å². The molecule has 17 heavy (non-hydrogen) atoms. The number of rotatable bonds is 4. The van der Waals surface area contributed by atoms with Crippen molar-refractivity contribution < 1.29 is 41.1 Å². The quantitative estimate of drug-likeness (QED) is 0.469. The standard InChI is InChI=1S/C5H13BO2.C2F6O/c1-2-3-4-5-6(7)8;3-1(4,5)9-2(6,7)8/h7-8H,2-5H2,1H3;. The first-order chi connectivity index (χ1) is 7.48. The highest BCUT2D eigenvalue weighted by Gasteiger charge is 2.45. The fourth-order valence-electron chi connectivity index (χ4n) is 0.708. The highest BCUT2D eigenvalue weighted by molar-refractivity contribution is 6.40. The summed E-state index contributed by atoms with van der Waals surface area (Å²) in [5.41, 5.74) is 0. The number of halogens is 6. The van der Waals surface area contributed by atoms with Gasteiger partial charge in [0.1, 0.15) is 0 Å². The monoisotopic (exact) mass is 270 g/mol. The molecule has 104 valence electrons. The van der Waals surface area contributed by atoms with Gasteiger partial charge in [0.05, 0.1) is 0 Å². The third-order valence-corrected chi connectivity index (χ3v) is 1.30. The summed E-state index contributed by atoms with van der Waals surface area (Å²) < 4.78 is 65.3. The summed E-state index contributed by atoms with van der Waals surface area (Å²) in [7, 11) is -1.10. The average Bonchev–Trinajstić information content (AvgIpc) is 1.97. The van der Waals surface area contributed by atoms with Crippen molar-refractivity contribution in [3.63, 3.8) is 0 Å². The van der Waals surface area contributed by atoms with Gasteiger partial charge >= 0.3 is 19.8 Å². The lowest BCUT2D eigenvalue weighted by Gasteiger charge is -2.08. The second-order valence-electron chi connectivity index (χ2n) is 2.97. The van der Waals surface area contributed by atoms with Crippen molar-refractivity contribution in [1.82, 2.24) is 0 Å². The molecule has 0 radical (unpaired) electrons. The second kappa shape index (κ2) is 8.59. The first kappa shape index (κ1) is 18.9. The van der Waals surface area contributed by atoms with Crippen LogP contribution in [0.3, 0.4) is 0 Å². The molecule has 0 unspecified atom stereocenters. The molecule has 0 atom stereocenters. The van der Waals surface area contributed by atoms with Gasteiger partial charge in [-0.3, -0.25) is 0 Å². The molecule has 0 amide bonds. The second-order valence-corrected chi connectivity index (χ2v) is 2.97. The van der Waals surface area contributed by atoms with Gasteiger partial charge in [-0.05, 0) is 6.32 Å². The highest BCUT2D eigenvalue weighted by Crippen LogP contribution is 2.28. The largest absolute Gasteiger partial charge is 0.529 e. The summed E-state index contributed by atoms with van der Waals surface area (Å²) in [6.07, 6.45) is -7.61. The lowest BCUT2D eigenvalue weighted by atomic mass is 9.84. The Morgan fingerprint density at radius 3 is 1.53 bits per heavy atom. The van der Waals surface area contributed by atoms with Gasteiger partial charge in [-0.1, -0.05) is 26.2 Å². The van der Waals surface area contributed by atoms with Crippen LogP contribution in [0.25, 0.3) is 0 Å². The van der Waals surface area contributed by atoms with E-state index >= 15 is 0 Å². The van der Waals surface area contributed by atoms with Gasteiger partial charge in [-0.2, -0.15) is 4.74 Å². The van der Waals surface area contributed by atoms with Crippen molar-refractivity contribution in [2.75, 3.05) is 0 Å². The van der Waals surface area contributed by atoms with Gasteiger partial charge in [0.25, 0.3) is 0 Å². The molecule has 0 aliphatic rings. The molecule has 0 rings (SSSR count). The Morgan fingerprint density at radius 1 is 0.941 bits per heavy atom. The predicted octanol–water partition coefficient (Wildman–Crippen LogP) is 2.69. The molecule has 0 aliphatic carbocycles. The summed E-state index contributed by atoms with van der Waals surface area (Å²) in [5, 5.41) is 16.7. The fraction of sp³-hybridized carbons (Fsp3) is 1.00. The minimum atomic E-state index is -5.64. The minimum absolute atomic E-state index is 0.522. The van der Waals surface area contributed by atoms with Crippen LogP contribution in [0.5, 0.6) is 0 Å². The third kappa shape index (κ3) is 25.6. The smallest absolute Gasteiger partial charge is 0.427 e. The molecule has 0 saturated heterocycles. The van der Waals surface area contributed by atoms with E-state index in [4.69, 9.17) is 10.0 Å². The van der Waals surface area contributed by atoms with Crippen LogP contribution in [0, 0.1) is 0 Å². The topological polar surface area (TPSA) is 49.7 Å². The molecule has 0 aromatic heterocycles. The first-order valence-corrected chi connectivity index (χ1v) is 4.67. The normalized spacial score (nSPS) is 11.8. The molecule has 0 fully saturated rings. The Hall–Kier alpha value is -0.475. The maximum absolute atomic E-state index is 10.6. The van der Waals surface area contributed by atoms with Crippen molar-refractivity contribution in [2.24, 2.45) is 0 Å². The van der Waals surface area contributed by atoms with Crippen LogP contribution in [0.4, 0.5) is 26.3 Å². The Morgan fingerprint density at radius 2 is 1.35 bits per heavy atom. The van der Waals surface area contributed by atoms with Crippen LogP contribution in [0.15, 0.2) is 0 Å². The van der Waals surface area contributed by atoms with E-state index < -0.39 is 19.8 Å². The number of unbranched alkanes of at least 4 members (excludes halogenated alkanes) is 2. The SMILES string of the molecule is CCCCCB(O)O.FC(F)(F)OC(F)(F)F. The maximum atomic E-state index is 10.6. The minimum Gasteiger partial charge on any atom is -0.427 e. The molecule has 0 aromatic carbocycles. The van der Waals surface area contributed by atoms with E-state index in [0.29, 0.717) is 6.32 Å². The Balaban J connectivity index is 0. The van der Waals surface area contributed by atoms with Crippen molar-refractivity contribution in [1.29, 1.82) is 0 Å². The molecule has 3 nitrogen and oxygen atoms in total. The molecule has 0 spiro atoms. The Labute approximate surface area is 94.5 Å². The number of hydrogen-bond acceptors (Lipinski definition) is 3. The van der Waals surface area contributed by atoms with Gasteiger partial charge in [0.2, 0.25) is 0 Å². The Bertz CT molecular complexity index is 169. The zero-order chi connectivity index (χ0) is 14.1. The summed E-state index contributed by atoms with van der Waals surface area (Å²) in [6.45, 7) is 2.09. The van der Waals surface area contributed by atoms with Crippen LogP contribution < -0.4 is 0 Å². The molecular weight excluding hydrogens is 257 g/mol. The van der Waals surface area contributed by atoms with Crippen LogP contribution in [-0.2, 0) is 4.74 Å². The molecule has 2 N–H and O–H groups in total. The van der Waals surface area contributed by atoms with E-state index in [1.54, 1.807) is 4.74 Å². The maximum Gasteiger partial charge on any atom is 0.529 e. The van der Waals surface area contributed by atoms with E-state index in [-0.39, 0.29) is 0 Å². The molecule has 0 aromatic rings. The lowest BCUT2D eigenvalue weighted by Crippen LogP contribution is -2.25. The number of alkyl halides is 6. The van der Waals surface area contributed by atoms with Crippen molar-refractivity contribution >= 4 is 7.12 Å². The van der Waals surface area contributed by atoms with Gasteiger partial charge in [-0.25, -0.2) is 0 Å². The molecule has 0 heterocycles. The molecule has 0 saturated carbocycles. The van der Waals surface area contributed by atoms with E-state index in [9.17, 15) is 26.3 Å². The lowest BCUT2D eigenvalue weighted by molar-refractivity contribution is -0.463. The van der Waals surface area contributed by atoms with Crippen LogP contribution in [-0.4, -0.2) is 29.9 Å². The summed E-state index contributed by atoms with van der Waals surface area (Å²) in [6, 6.07) is 0. The number of hydrogen-bond donors (Lipinski definition) is 2. The summed E-state index contributed by atoms with van der Waals surface area (Å²) in [5.74, 6) is 0. The first-order valence-electron chi connectivity index (χ1n) is 4.67. The van der Waals surface area contributed by atoms with Crippen LogP contribution in [0.1, 0.15) is 26.2 Å². The van der Waals surface area contributed by atoms with E-state index in [2.05, 4.69) is 6.92 Å². The van der Waals surface area contributed by atoms with E-state index in [1.165, 1.54) is 0 Å². The molecule has 0 bridgehead atoms. The highest BCUT2D eigenvalue weighted by atomic mass is 19.4. The average molecular weight is 270 g/mol. The van der Waals surface area contributed by atoms with Crippen molar-refractivity contribution in [2.45, 2.75) is 45.2 Å². The zero-order valence-electron chi connectivity index (χ0n) is 8.98. The van der Waals surface area contributed by atoms with Crippen LogP contribution >= 0.6 is 0 Å². The van der Waals surface area contributed by atoms with Gasteiger partial charge in [0.15, 0.2) is 0 Å². The zero-order valence-corrected chi connectivity index (χ0v) is 8.98. The molecule has 10 heteroatoms. The summed E-state index contributed by atoms with van der Waals surface area (Å²) >= 11 is 0. The summed E-state index contributed by atoms with van der Waals surface area (Å²) in [4.78, 5) is 0.